The lowest BCUT2D eigenvalue weighted by atomic mass is 9.93. The number of pyridine rings is 1. The molecule has 2 aromatic rings. The highest BCUT2D eigenvalue weighted by molar-refractivity contribution is 5.94. The maximum absolute atomic E-state index is 12.3. The second-order valence-electron chi connectivity index (χ2n) is 7.42. The van der Waals surface area contributed by atoms with Crippen molar-refractivity contribution in [1.29, 1.82) is 0 Å². The molecule has 0 bridgehead atoms. The van der Waals surface area contributed by atoms with Gasteiger partial charge in [-0.3, -0.25) is 9.78 Å². The summed E-state index contributed by atoms with van der Waals surface area (Å²) in [5, 5.41) is 0. The molecule has 0 aliphatic carbocycles. The largest absolute Gasteiger partial charge is 0.381 e. The van der Waals surface area contributed by atoms with Crippen molar-refractivity contribution in [2.24, 2.45) is 5.92 Å². The monoisotopic (exact) mass is 363 g/mol. The third-order valence-electron chi connectivity index (χ3n) is 5.18. The number of carbonyl (C=O) groups excluding carboxylic acids is 1. The van der Waals surface area contributed by atoms with Gasteiger partial charge in [0.1, 0.15) is 5.69 Å². The molecule has 3 nitrogen and oxygen atoms in total. The topological polar surface area (TPSA) is 39.2 Å². The smallest absolute Gasteiger partial charge is 0.181 e. The molecule has 3 rings (SSSR count). The summed E-state index contributed by atoms with van der Waals surface area (Å²) in [6, 6.07) is 12.4. The molecule has 0 unspecified atom stereocenters. The van der Waals surface area contributed by atoms with Crippen LogP contribution in [0.1, 0.15) is 59.3 Å². The van der Waals surface area contributed by atoms with Crippen molar-refractivity contribution in [2.75, 3.05) is 13.2 Å². The molecule has 3 heteroatoms. The molecule has 1 aromatic heterocycles. The highest BCUT2D eigenvalue weighted by atomic mass is 16.5. The molecule has 1 saturated heterocycles. The zero-order chi connectivity index (χ0) is 18.9. The van der Waals surface area contributed by atoms with Crippen LogP contribution in [0.25, 0.3) is 6.08 Å². The zero-order valence-electron chi connectivity index (χ0n) is 16.2. The first-order chi connectivity index (χ1) is 13.2. The first-order valence-corrected chi connectivity index (χ1v) is 10.00. The van der Waals surface area contributed by atoms with E-state index in [1.807, 2.05) is 18.3 Å². The summed E-state index contributed by atoms with van der Waals surface area (Å²) in [5.74, 6) is 0.787. The second-order valence-corrected chi connectivity index (χ2v) is 7.42. The van der Waals surface area contributed by atoms with E-state index in [2.05, 4.69) is 48.3 Å². The molecule has 1 aliphatic heterocycles. The minimum Gasteiger partial charge on any atom is -0.381 e. The molecule has 1 fully saturated rings. The Morgan fingerprint density at radius 1 is 1.22 bits per heavy atom. The standard InChI is InChI=1S/C24H29NO2/c1-19-5-4-8-21(17-19)6-2-3-7-22-9-11-23(25-18-22)24(26)12-10-20-13-15-27-16-14-20/h2,4-6,8-9,11,17-18,20H,3,7,10,12-16H2,1H3/b6-2-. The fourth-order valence-corrected chi connectivity index (χ4v) is 3.48. The van der Waals surface area contributed by atoms with Crippen molar-refractivity contribution in [2.45, 2.75) is 45.4 Å². The number of nitrogens with zero attached hydrogens (tertiary/aromatic N) is 1. The van der Waals surface area contributed by atoms with Gasteiger partial charge in [-0.2, -0.15) is 0 Å². The average molecular weight is 364 g/mol. The number of rotatable bonds is 8. The van der Waals surface area contributed by atoms with Gasteiger partial charge in [-0.1, -0.05) is 48.0 Å². The van der Waals surface area contributed by atoms with E-state index >= 15 is 0 Å². The van der Waals surface area contributed by atoms with Crippen LogP contribution in [-0.4, -0.2) is 24.0 Å². The fourth-order valence-electron chi connectivity index (χ4n) is 3.48. The Kier molecular flexibility index (Phi) is 7.35. The van der Waals surface area contributed by atoms with Crippen LogP contribution in [0.4, 0.5) is 0 Å². The number of aromatic nitrogens is 1. The Hall–Kier alpha value is -2.26. The van der Waals surface area contributed by atoms with Crippen molar-refractivity contribution >= 4 is 11.9 Å². The second kappa shape index (κ2) is 10.2. The van der Waals surface area contributed by atoms with Crippen LogP contribution in [0.3, 0.4) is 0 Å². The van der Waals surface area contributed by atoms with Gasteiger partial charge in [0, 0.05) is 25.8 Å². The molecule has 0 radical (unpaired) electrons. The van der Waals surface area contributed by atoms with Crippen molar-refractivity contribution in [1.82, 2.24) is 4.98 Å². The minimum atomic E-state index is 0.160. The lowest BCUT2D eigenvalue weighted by Gasteiger charge is -2.21. The Balaban J connectivity index is 1.43. The van der Waals surface area contributed by atoms with Crippen molar-refractivity contribution in [3.8, 4) is 0 Å². The minimum absolute atomic E-state index is 0.160. The highest BCUT2D eigenvalue weighted by Crippen LogP contribution is 2.21. The molecular formula is C24H29NO2. The van der Waals surface area contributed by atoms with Crippen LogP contribution in [0.5, 0.6) is 0 Å². The molecule has 0 N–H and O–H groups in total. The number of aryl methyl sites for hydroxylation is 2. The number of ether oxygens (including phenoxy) is 1. The fraction of sp³-hybridized carbons (Fsp3) is 0.417. The van der Waals surface area contributed by atoms with Gasteiger partial charge in [0.15, 0.2) is 5.78 Å². The van der Waals surface area contributed by atoms with Gasteiger partial charge in [0.2, 0.25) is 0 Å². The predicted molar refractivity (Wildman–Crippen MR) is 110 cm³/mol. The van der Waals surface area contributed by atoms with E-state index in [1.54, 1.807) is 0 Å². The first kappa shape index (κ1) is 19.5. The third kappa shape index (κ3) is 6.44. The third-order valence-corrected chi connectivity index (χ3v) is 5.18. The van der Waals surface area contributed by atoms with E-state index in [4.69, 9.17) is 4.74 Å². The number of carbonyl (C=O) groups is 1. The molecule has 0 atom stereocenters. The van der Waals surface area contributed by atoms with Gasteiger partial charge in [-0.05, 0) is 62.1 Å². The number of hydrogen-bond acceptors (Lipinski definition) is 3. The molecular weight excluding hydrogens is 334 g/mol. The van der Waals surface area contributed by atoms with Crippen LogP contribution in [0.2, 0.25) is 0 Å². The number of allylic oxidation sites excluding steroid dienone is 1. The number of ketones is 1. The Morgan fingerprint density at radius 3 is 2.81 bits per heavy atom. The van der Waals surface area contributed by atoms with E-state index in [0.29, 0.717) is 18.0 Å². The average Bonchev–Trinajstić information content (AvgIpc) is 2.71. The van der Waals surface area contributed by atoms with Crippen LogP contribution < -0.4 is 0 Å². The van der Waals surface area contributed by atoms with Gasteiger partial charge >= 0.3 is 0 Å². The summed E-state index contributed by atoms with van der Waals surface area (Å²) < 4.78 is 5.37. The van der Waals surface area contributed by atoms with Crippen LogP contribution in [-0.2, 0) is 11.2 Å². The summed E-state index contributed by atoms with van der Waals surface area (Å²) in [4.78, 5) is 16.7. The van der Waals surface area contributed by atoms with Gasteiger partial charge in [0.05, 0.1) is 0 Å². The van der Waals surface area contributed by atoms with Crippen LogP contribution >= 0.6 is 0 Å². The Labute approximate surface area is 162 Å². The molecule has 0 saturated carbocycles. The van der Waals surface area contributed by atoms with E-state index in [1.165, 1.54) is 16.7 Å². The van der Waals surface area contributed by atoms with Crippen LogP contribution in [0, 0.1) is 12.8 Å². The predicted octanol–water partition coefficient (Wildman–Crippen LogP) is 5.43. The van der Waals surface area contributed by atoms with Gasteiger partial charge in [-0.25, -0.2) is 0 Å². The van der Waals surface area contributed by atoms with Crippen LogP contribution in [0.15, 0.2) is 48.7 Å². The lowest BCUT2D eigenvalue weighted by molar-refractivity contribution is 0.0619. The summed E-state index contributed by atoms with van der Waals surface area (Å²) in [7, 11) is 0. The molecule has 1 aromatic carbocycles. The molecule has 27 heavy (non-hydrogen) atoms. The number of Topliss-reactive ketones (excluding diaryl/α,β-unsaturated/α-hetero) is 1. The SMILES string of the molecule is Cc1cccc(/C=C\CCc2ccc(C(=O)CCC3CCOCC3)nc2)c1. The molecule has 1 aliphatic rings. The zero-order valence-corrected chi connectivity index (χ0v) is 16.2. The normalized spacial score (nSPS) is 15.3. The molecule has 2 heterocycles. The van der Waals surface area contributed by atoms with Crippen molar-refractivity contribution in [3.05, 3.63) is 71.1 Å². The Bertz CT molecular complexity index is 758. The van der Waals surface area contributed by atoms with E-state index in [9.17, 15) is 4.79 Å². The number of benzene rings is 1. The number of hydrogen-bond donors (Lipinski definition) is 0. The van der Waals surface area contributed by atoms with E-state index in [-0.39, 0.29) is 5.78 Å². The first-order valence-electron chi connectivity index (χ1n) is 10.00. The quantitative estimate of drug-likeness (QED) is 0.587. The summed E-state index contributed by atoms with van der Waals surface area (Å²) in [5.41, 5.74) is 4.28. The van der Waals surface area contributed by atoms with Gasteiger partial charge < -0.3 is 4.74 Å². The maximum Gasteiger partial charge on any atom is 0.181 e. The van der Waals surface area contributed by atoms with Gasteiger partial charge in [-0.15, -0.1) is 0 Å². The molecule has 0 spiro atoms. The lowest BCUT2D eigenvalue weighted by Crippen LogP contribution is -2.16. The van der Waals surface area contributed by atoms with Crippen molar-refractivity contribution < 1.29 is 9.53 Å². The highest BCUT2D eigenvalue weighted by Gasteiger charge is 2.16. The summed E-state index contributed by atoms with van der Waals surface area (Å²) in [6.45, 7) is 3.78. The van der Waals surface area contributed by atoms with E-state index in [0.717, 1.165) is 45.3 Å². The molecule has 0 amide bonds. The van der Waals surface area contributed by atoms with Gasteiger partial charge in [0.25, 0.3) is 0 Å². The summed E-state index contributed by atoms with van der Waals surface area (Å²) >= 11 is 0. The Morgan fingerprint density at radius 2 is 2.07 bits per heavy atom. The van der Waals surface area contributed by atoms with Crippen molar-refractivity contribution in [3.63, 3.8) is 0 Å². The molecule has 142 valence electrons. The van der Waals surface area contributed by atoms with E-state index < -0.39 is 0 Å². The maximum atomic E-state index is 12.3. The summed E-state index contributed by atoms with van der Waals surface area (Å²) in [6.07, 6.45) is 11.8.